The van der Waals surface area contributed by atoms with Gasteiger partial charge in [0.15, 0.2) is 0 Å². The van der Waals surface area contributed by atoms with Crippen molar-refractivity contribution in [3.05, 3.63) is 33.9 Å². The van der Waals surface area contributed by atoms with Gasteiger partial charge in [-0.05, 0) is 55.4 Å². The Labute approximate surface area is 121 Å². The highest BCUT2D eigenvalue weighted by molar-refractivity contribution is 6.76. The Bertz CT molecular complexity index is 425. The smallest absolute Gasteiger partial charge is 0.0487 e. The minimum absolute atomic E-state index is 0.661. The molecule has 0 spiro atoms. The zero-order valence-electron chi connectivity index (χ0n) is 14.3. The lowest BCUT2D eigenvalue weighted by Crippen LogP contribution is -2.20. The van der Waals surface area contributed by atoms with Crippen LogP contribution < -0.4 is 0 Å². The highest BCUT2D eigenvalue weighted by Crippen LogP contribution is 2.41. The van der Waals surface area contributed by atoms with Crippen LogP contribution in [0.1, 0.15) is 47.5 Å². The summed E-state index contributed by atoms with van der Waals surface area (Å²) in [6.45, 7) is 19.0. The van der Waals surface area contributed by atoms with Crippen LogP contribution in [0.15, 0.2) is 33.9 Å². The monoisotopic (exact) mass is 276 g/mol. The van der Waals surface area contributed by atoms with Crippen molar-refractivity contribution in [3.8, 4) is 0 Å². The third kappa shape index (κ3) is 4.20. The number of hydrogen-bond acceptors (Lipinski definition) is 0. The Balaban J connectivity index is 3.23. The topological polar surface area (TPSA) is 0 Å². The second-order valence-corrected chi connectivity index (χ2v) is 13.0. The third-order valence-corrected chi connectivity index (χ3v) is 5.64. The van der Waals surface area contributed by atoms with Gasteiger partial charge in [-0.2, -0.15) is 0 Å². The molecule has 0 aromatic heterocycles. The summed E-state index contributed by atoms with van der Waals surface area (Å²) in [6, 6.07) is 1.33. The molecule has 0 radical (unpaired) electrons. The molecule has 0 aromatic carbocycles. The summed E-state index contributed by atoms with van der Waals surface area (Å²) >= 11 is 0. The van der Waals surface area contributed by atoms with Crippen molar-refractivity contribution in [3.63, 3.8) is 0 Å². The predicted octanol–water partition coefficient (Wildman–Crippen LogP) is 6.35. The van der Waals surface area contributed by atoms with Crippen LogP contribution >= 0.6 is 0 Å². The van der Waals surface area contributed by atoms with E-state index in [2.05, 4.69) is 60.3 Å². The van der Waals surface area contributed by atoms with Gasteiger partial charge in [0.25, 0.3) is 0 Å². The van der Waals surface area contributed by atoms with Crippen molar-refractivity contribution in [2.45, 2.75) is 73.1 Å². The number of hydrogen-bond donors (Lipinski definition) is 0. The summed E-state index contributed by atoms with van der Waals surface area (Å²) in [5, 5.41) is 0. The second-order valence-electron chi connectivity index (χ2n) is 7.50. The normalized spacial score (nSPS) is 21.8. The predicted molar refractivity (Wildman–Crippen MR) is 91.4 cm³/mol. The minimum Gasteiger partial charge on any atom is -0.0766 e. The van der Waals surface area contributed by atoms with Crippen LogP contribution in [-0.2, 0) is 0 Å². The van der Waals surface area contributed by atoms with Gasteiger partial charge < -0.3 is 0 Å². The first-order chi connectivity index (χ1) is 8.67. The third-order valence-electron chi connectivity index (χ3n) is 4.20. The van der Waals surface area contributed by atoms with Crippen molar-refractivity contribution < 1.29 is 0 Å². The molecule has 1 aliphatic carbocycles. The van der Waals surface area contributed by atoms with Gasteiger partial charge in [-0.3, -0.25) is 0 Å². The Morgan fingerprint density at radius 3 is 2.21 bits per heavy atom. The van der Waals surface area contributed by atoms with Crippen molar-refractivity contribution in [1.82, 2.24) is 0 Å². The zero-order chi connectivity index (χ0) is 14.8. The van der Waals surface area contributed by atoms with E-state index in [1.165, 1.54) is 12.5 Å². The molecule has 1 aliphatic rings. The van der Waals surface area contributed by atoms with Gasteiger partial charge in [0.05, 0.1) is 0 Å². The van der Waals surface area contributed by atoms with Gasteiger partial charge >= 0.3 is 0 Å². The molecule has 0 bridgehead atoms. The summed E-state index contributed by atoms with van der Waals surface area (Å²) in [5.74, 6) is 0.661. The van der Waals surface area contributed by atoms with E-state index in [4.69, 9.17) is 0 Å². The second kappa shape index (κ2) is 6.26. The lowest BCUT2D eigenvalue weighted by atomic mass is 9.90. The largest absolute Gasteiger partial charge is 0.0766 e. The van der Waals surface area contributed by atoms with Crippen LogP contribution in [0.2, 0.25) is 25.7 Å². The van der Waals surface area contributed by atoms with Crippen LogP contribution in [0.25, 0.3) is 0 Å². The van der Waals surface area contributed by atoms with Crippen LogP contribution in [-0.4, -0.2) is 8.07 Å². The van der Waals surface area contributed by atoms with E-state index < -0.39 is 8.07 Å². The Kier molecular flexibility index (Phi) is 5.43. The van der Waals surface area contributed by atoms with Gasteiger partial charge in [-0.25, -0.2) is 0 Å². The fourth-order valence-corrected chi connectivity index (χ4v) is 4.23. The lowest BCUT2D eigenvalue weighted by Gasteiger charge is -2.21. The van der Waals surface area contributed by atoms with Crippen molar-refractivity contribution >= 4 is 8.07 Å². The highest BCUT2D eigenvalue weighted by atomic mass is 28.3. The zero-order valence-corrected chi connectivity index (χ0v) is 15.3. The van der Waals surface area contributed by atoms with Crippen LogP contribution in [0.3, 0.4) is 0 Å². The van der Waals surface area contributed by atoms with E-state index in [1.54, 1.807) is 27.9 Å². The maximum Gasteiger partial charge on any atom is 0.0487 e. The molecule has 0 atom stereocenters. The van der Waals surface area contributed by atoms with Crippen molar-refractivity contribution in [2.75, 3.05) is 0 Å². The molecular formula is C18H32Si. The first-order valence-corrected chi connectivity index (χ1v) is 11.5. The molecule has 0 fully saturated rings. The lowest BCUT2D eigenvalue weighted by molar-refractivity contribution is 0.755. The Morgan fingerprint density at radius 2 is 1.79 bits per heavy atom. The molecule has 0 nitrogen and oxygen atoms in total. The Hall–Kier alpha value is -0.563. The van der Waals surface area contributed by atoms with E-state index in [1.807, 2.05) is 0 Å². The quantitative estimate of drug-likeness (QED) is 0.524. The molecule has 0 aliphatic heterocycles. The average Bonchev–Trinajstić information content (AvgIpc) is 2.68. The molecule has 19 heavy (non-hydrogen) atoms. The van der Waals surface area contributed by atoms with E-state index in [0.29, 0.717) is 5.92 Å². The van der Waals surface area contributed by atoms with Gasteiger partial charge in [-0.1, -0.05) is 57.6 Å². The average molecular weight is 277 g/mol. The maximum atomic E-state index is 2.51. The maximum absolute atomic E-state index is 2.51. The molecule has 1 rings (SSSR count). The fourth-order valence-electron chi connectivity index (χ4n) is 2.77. The minimum atomic E-state index is -1.04. The molecule has 0 heterocycles. The molecular weight excluding hydrogens is 244 g/mol. The standard InChI is InChI=1S/C18H32Si/c1-9-14(4)18-16(12-19(6,7)8)10-11-17(18)15(5)13(2)3/h10,13H,9,11-12H2,1-8H3/b17-15-,18-14-. The van der Waals surface area contributed by atoms with Gasteiger partial charge in [0, 0.05) is 8.07 Å². The Morgan fingerprint density at radius 1 is 1.21 bits per heavy atom. The number of allylic oxidation sites excluding steroid dienone is 6. The number of rotatable bonds is 4. The molecule has 0 unspecified atom stereocenters. The van der Waals surface area contributed by atoms with E-state index in [0.717, 1.165) is 6.42 Å². The first-order valence-electron chi connectivity index (χ1n) is 7.76. The summed E-state index contributed by atoms with van der Waals surface area (Å²) in [5.41, 5.74) is 8.06. The van der Waals surface area contributed by atoms with Crippen molar-refractivity contribution in [1.29, 1.82) is 0 Å². The van der Waals surface area contributed by atoms with Crippen molar-refractivity contribution in [2.24, 2.45) is 5.92 Å². The molecule has 0 aromatic rings. The van der Waals surface area contributed by atoms with E-state index >= 15 is 0 Å². The molecule has 108 valence electrons. The van der Waals surface area contributed by atoms with Gasteiger partial charge in [-0.15, -0.1) is 0 Å². The summed E-state index contributed by atoms with van der Waals surface area (Å²) in [6.07, 6.45) is 4.84. The van der Waals surface area contributed by atoms with Crippen LogP contribution in [0.4, 0.5) is 0 Å². The fraction of sp³-hybridized carbons (Fsp3) is 0.667. The first kappa shape index (κ1) is 16.5. The molecule has 0 amide bonds. The summed E-state index contributed by atoms with van der Waals surface area (Å²) < 4.78 is 0. The highest BCUT2D eigenvalue weighted by Gasteiger charge is 2.25. The summed E-state index contributed by atoms with van der Waals surface area (Å²) in [4.78, 5) is 0. The van der Waals surface area contributed by atoms with Gasteiger partial charge in [0.1, 0.15) is 0 Å². The van der Waals surface area contributed by atoms with E-state index in [9.17, 15) is 0 Å². The van der Waals surface area contributed by atoms with Gasteiger partial charge in [0.2, 0.25) is 0 Å². The molecule has 0 saturated carbocycles. The molecule has 0 saturated heterocycles. The van der Waals surface area contributed by atoms with E-state index in [-0.39, 0.29) is 0 Å². The van der Waals surface area contributed by atoms with Crippen LogP contribution in [0, 0.1) is 5.92 Å². The summed E-state index contributed by atoms with van der Waals surface area (Å²) in [7, 11) is -1.04. The molecule has 0 N–H and O–H groups in total. The van der Waals surface area contributed by atoms with Crippen LogP contribution in [0.5, 0.6) is 0 Å². The SMILES string of the molecule is CC/C(C)=C1/C(C[Si](C)(C)C)=CC/C1=C(\C)C(C)C. The molecule has 1 heteroatoms.